The van der Waals surface area contributed by atoms with Crippen molar-refractivity contribution in [2.75, 3.05) is 0 Å². The van der Waals surface area contributed by atoms with Crippen LogP contribution in [0.3, 0.4) is 0 Å². The molecule has 1 aromatic carbocycles. The summed E-state index contributed by atoms with van der Waals surface area (Å²) >= 11 is 0. The standard InChI is InChI=1S/C12H10FNO2/c1-7-11(16-8(2)15)9-5-3-4-6-10(9)14-12(7)13/h3-6H,1-2H3. The van der Waals surface area contributed by atoms with Gasteiger partial charge in [0, 0.05) is 17.9 Å². The number of nitrogens with zero attached hydrogens (tertiary/aromatic N) is 1. The third kappa shape index (κ3) is 1.74. The molecule has 0 saturated carbocycles. The quantitative estimate of drug-likeness (QED) is 0.546. The first-order chi connectivity index (χ1) is 7.59. The highest BCUT2D eigenvalue weighted by Gasteiger charge is 2.13. The number of hydrogen-bond donors (Lipinski definition) is 0. The molecule has 0 amide bonds. The fourth-order valence-electron chi connectivity index (χ4n) is 1.52. The summed E-state index contributed by atoms with van der Waals surface area (Å²) in [6.07, 6.45) is 0. The largest absolute Gasteiger partial charge is 0.426 e. The number of fused-ring (bicyclic) bond motifs is 1. The molecule has 3 nitrogen and oxygen atoms in total. The van der Waals surface area contributed by atoms with E-state index in [-0.39, 0.29) is 11.3 Å². The molecule has 1 heterocycles. The molecule has 0 radical (unpaired) electrons. The zero-order valence-corrected chi connectivity index (χ0v) is 8.95. The number of carbonyl (C=O) groups excluding carboxylic acids is 1. The van der Waals surface area contributed by atoms with Crippen LogP contribution in [0.2, 0.25) is 0 Å². The minimum Gasteiger partial charge on any atom is -0.426 e. The van der Waals surface area contributed by atoms with Gasteiger partial charge in [0.1, 0.15) is 5.75 Å². The molecular weight excluding hydrogens is 209 g/mol. The maximum atomic E-state index is 13.5. The summed E-state index contributed by atoms with van der Waals surface area (Å²) in [4.78, 5) is 14.7. The zero-order chi connectivity index (χ0) is 11.7. The minimum atomic E-state index is -0.616. The van der Waals surface area contributed by atoms with Crippen LogP contribution in [-0.4, -0.2) is 11.0 Å². The van der Waals surface area contributed by atoms with Crippen molar-refractivity contribution in [3.63, 3.8) is 0 Å². The fraction of sp³-hybridized carbons (Fsp3) is 0.167. The first-order valence-corrected chi connectivity index (χ1v) is 4.83. The average Bonchev–Trinajstić information content (AvgIpc) is 2.24. The van der Waals surface area contributed by atoms with E-state index in [0.29, 0.717) is 10.9 Å². The van der Waals surface area contributed by atoms with E-state index in [1.807, 2.05) is 0 Å². The molecule has 0 spiro atoms. The number of hydrogen-bond acceptors (Lipinski definition) is 3. The smallest absolute Gasteiger partial charge is 0.308 e. The monoisotopic (exact) mass is 219 g/mol. The summed E-state index contributed by atoms with van der Waals surface area (Å²) in [5.41, 5.74) is 0.718. The van der Waals surface area contributed by atoms with Gasteiger partial charge in [-0.05, 0) is 19.1 Å². The van der Waals surface area contributed by atoms with Gasteiger partial charge in [0.25, 0.3) is 0 Å². The van der Waals surface area contributed by atoms with Crippen LogP contribution in [0.25, 0.3) is 10.9 Å². The first-order valence-electron chi connectivity index (χ1n) is 4.83. The summed E-state index contributed by atoms with van der Waals surface area (Å²) in [7, 11) is 0. The number of ether oxygens (including phenoxy) is 1. The number of carbonyl (C=O) groups is 1. The molecule has 1 aromatic heterocycles. The Balaban J connectivity index is 2.76. The van der Waals surface area contributed by atoms with Gasteiger partial charge in [-0.25, -0.2) is 4.98 Å². The van der Waals surface area contributed by atoms with Crippen molar-refractivity contribution in [1.29, 1.82) is 0 Å². The molecule has 0 saturated heterocycles. The Hall–Kier alpha value is -1.97. The molecule has 0 aliphatic rings. The van der Waals surface area contributed by atoms with Gasteiger partial charge in [0.2, 0.25) is 5.95 Å². The second kappa shape index (κ2) is 3.89. The summed E-state index contributed by atoms with van der Waals surface area (Å²) in [6, 6.07) is 6.95. The van der Waals surface area contributed by atoms with Crippen LogP contribution >= 0.6 is 0 Å². The predicted octanol–water partition coefficient (Wildman–Crippen LogP) is 2.61. The van der Waals surface area contributed by atoms with Crippen LogP contribution < -0.4 is 4.74 Å². The van der Waals surface area contributed by atoms with Gasteiger partial charge in [-0.2, -0.15) is 4.39 Å². The Kier molecular flexibility index (Phi) is 2.56. The van der Waals surface area contributed by atoms with Crippen LogP contribution in [0.15, 0.2) is 24.3 Å². The number of aromatic nitrogens is 1. The van der Waals surface area contributed by atoms with Gasteiger partial charge in [-0.3, -0.25) is 4.79 Å². The molecule has 0 aliphatic carbocycles. The van der Waals surface area contributed by atoms with E-state index in [9.17, 15) is 9.18 Å². The van der Waals surface area contributed by atoms with Crippen LogP contribution in [0.4, 0.5) is 4.39 Å². The van der Waals surface area contributed by atoms with Crippen molar-refractivity contribution in [3.05, 3.63) is 35.8 Å². The van der Waals surface area contributed by atoms with Gasteiger partial charge in [-0.1, -0.05) is 12.1 Å². The van der Waals surface area contributed by atoms with Gasteiger partial charge >= 0.3 is 5.97 Å². The van der Waals surface area contributed by atoms with Crippen molar-refractivity contribution < 1.29 is 13.9 Å². The molecule has 2 rings (SSSR count). The SMILES string of the molecule is CC(=O)Oc1c(C)c(F)nc2ccccc12. The number of rotatable bonds is 1. The summed E-state index contributed by atoms with van der Waals surface area (Å²) < 4.78 is 18.5. The molecule has 0 atom stereocenters. The number of para-hydroxylation sites is 1. The van der Waals surface area contributed by atoms with E-state index in [1.165, 1.54) is 13.8 Å². The van der Waals surface area contributed by atoms with E-state index in [4.69, 9.17) is 4.74 Å². The molecule has 2 aromatic rings. The molecule has 4 heteroatoms. The number of pyridine rings is 1. The van der Waals surface area contributed by atoms with Crippen molar-refractivity contribution in [2.45, 2.75) is 13.8 Å². The fourth-order valence-corrected chi connectivity index (χ4v) is 1.52. The number of esters is 1. The summed E-state index contributed by atoms with van der Waals surface area (Å²) in [5.74, 6) is -0.843. The third-order valence-electron chi connectivity index (χ3n) is 2.26. The topological polar surface area (TPSA) is 39.2 Å². The van der Waals surface area contributed by atoms with E-state index in [1.54, 1.807) is 24.3 Å². The van der Waals surface area contributed by atoms with E-state index >= 15 is 0 Å². The lowest BCUT2D eigenvalue weighted by Crippen LogP contribution is -2.05. The first kappa shape index (κ1) is 10.5. The molecular formula is C12H10FNO2. The van der Waals surface area contributed by atoms with Gasteiger partial charge in [0.15, 0.2) is 0 Å². The normalized spacial score (nSPS) is 10.4. The lowest BCUT2D eigenvalue weighted by molar-refractivity contribution is -0.131. The number of halogens is 1. The second-order valence-electron chi connectivity index (χ2n) is 3.47. The highest BCUT2D eigenvalue weighted by molar-refractivity contribution is 5.88. The van der Waals surface area contributed by atoms with E-state index in [2.05, 4.69) is 4.98 Å². The molecule has 16 heavy (non-hydrogen) atoms. The Morgan fingerprint density at radius 2 is 2.06 bits per heavy atom. The molecule has 0 aliphatic heterocycles. The maximum Gasteiger partial charge on any atom is 0.308 e. The van der Waals surface area contributed by atoms with E-state index in [0.717, 1.165) is 0 Å². The summed E-state index contributed by atoms with van der Waals surface area (Å²) in [6.45, 7) is 2.82. The minimum absolute atomic E-state index is 0.244. The van der Waals surface area contributed by atoms with Gasteiger partial charge in [0.05, 0.1) is 5.52 Å². The third-order valence-corrected chi connectivity index (χ3v) is 2.26. The molecule has 0 unspecified atom stereocenters. The Bertz CT molecular complexity index is 566. The second-order valence-corrected chi connectivity index (χ2v) is 3.47. The Morgan fingerprint density at radius 1 is 1.38 bits per heavy atom. The lowest BCUT2D eigenvalue weighted by Gasteiger charge is -2.09. The number of benzene rings is 1. The average molecular weight is 219 g/mol. The Labute approximate surface area is 91.9 Å². The molecule has 0 bridgehead atoms. The highest BCUT2D eigenvalue weighted by atomic mass is 19.1. The van der Waals surface area contributed by atoms with Crippen LogP contribution in [0.5, 0.6) is 5.75 Å². The molecule has 0 fully saturated rings. The molecule has 82 valence electrons. The van der Waals surface area contributed by atoms with Crippen molar-refractivity contribution in [2.24, 2.45) is 0 Å². The van der Waals surface area contributed by atoms with Crippen LogP contribution in [0.1, 0.15) is 12.5 Å². The van der Waals surface area contributed by atoms with E-state index < -0.39 is 11.9 Å². The predicted molar refractivity (Wildman–Crippen MR) is 57.7 cm³/mol. The maximum absolute atomic E-state index is 13.5. The Morgan fingerprint density at radius 3 is 2.75 bits per heavy atom. The van der Waals surface area contributed by atoms with Crippen LogP contribution in [-0.2, 0) is 4.79 Å². The van der Waals surface area contributed by atoms with Crippen LogP contribution in [0, 0.1) is 12.9 Å². The van der Waals surface area contributed by atoms with Gasteiger partial charge in [-0.15, -0.1) is 0 Å². The lowest BCUT2D eigenvalue weighted by atomic mass is 10.1. The zero-order valence-electron chi connectivity index (χ0n) is 8.95. The summed E-state index contributed by atoms with van der Waals surface area (Å²) in [5, 5.41) is 0.636. The molecule has 0 N–H and O–H groups in total. The highest BCUT2D eigenvalue weighted by Crippen LogP contribution is 2.29. The van der Waals surface area contributed by atoms with Gasteiger partial charge < -0.3 is 4.74 Å². The van der Waals surface area contributed by atoms with Crippen molar-refractivity contribution >= 4 is 16.9 Å². The van der Waals surface area contributed by atoms with Crippen molar-refractivity contribution in [1.82, 2.24) is 4.98 Å². The van der Waals surface area contributed by atoms with Crippen molar-refractivity contribution in [3.8, 4) is 5.75 Å².